The highest BCUT2D eigenvalue weighted by atomic mass is 19.1. The number of ether oxygens (including phenoxy) is 1. The lowest BCUT2D eigenvalue weighted by Gasteiger charge is -2.09. The Hall–Kier alpha value is -2.98. The van der Waals surface area contributed by atoms with Crippen LogP contribution in [-0.2, 0) is 35.7 Å². The van der Waals surface area contributed by atoms with Crippen LogP contribution < -0.4 is 5.32 Å². The fourth-order valence-corrected chi connectivity index (χ4v) is 2.93. The van der Waals surface area contributed by atoms with Crippen molar-refractivity contribution in [1.29, 1.82) is 0 Å². The second kappa shape index (κ2) is 10.4. The first-order valence-corrected chi connectivity index (χ1v) is 9.40. The Balaban J connectivity index is 1.42. The Kier molecular flexibility index (Phi) is 7.33. The molecule has 3 rings (SSSR count). The Bertz CT molecular complexity index is 896. The average Bonchev–Trinajstić information content (AvgIpc) is 2.73. The number of amides is 1. The number of hydrogen-bond donors (Lipinski definition) is 1. The highest BCUT2D eigenvalue weighted by Gasteiger charge is 2.06. The van der Waals surface area contributed by atoms with Crippen LogP contribution in [0.3, 0.4) is 0 Å². The molecule has 0 saturated carbocycles. The van der Waals surface area contributed by atoms with Crippen molar-refractivity contribution in [3.63, 3.8) is 0 Å². The summed E-state index contributed by atoms with van der Waals surface area (Å²) in [6.45, 7) is 1.53. The van der Waals surface area contributed by atoms with E-state index in [9.17, 15) is 9.18 Å². The van der Waals surface area contributed by atoms with Gasteiger partial charge in [0, 0.05) is 13.0 Å². The Morgan fingerprint density at radius 3 is 2.32 bits per heavy atom. The molecule has 3 nitrogen and oxygen atoms in total. The van der Waals surface area contributed by atoms with Crippen LogP contribution in [0.5, 0.6) is 0 Å². The zero-order valence-corrected chi connectivity index (χ0v) is 15.7. The van der Waals surface area contributed by atoms with Crippen molar-refractivity contribution in [2.45, 2.75) is 32.6 Å². The summed E-state index contributed by atoms with van der Waals surface area (Å²) in [7, 11) is 0. The van der Waals surface area contributed by atoms with Crippen molar-refractivity contribution in [2.75, 3.05) is 0 Å². The van der Waals surface area contributed by atoms with Crippen LogP contribution in [0.2, 0.25) is 0 Å². The van der Waals surface area contributed by atoms with E-state index in [1.807, 2.05) is 54.6 Å². The van der Waals surface area contributed by atoms with Crippen LogP contribution >= 0.6 is 0 Å². The van der Waals surface area contributed by atoms with Gasteiger partial charge in [0.1, 0.15) is 5.82 Å². The summed E-state index contributed by atoms with van der Waals surface area (Å²) >= 11 is 0. The topological polar surface area (TPSA) is 38.3 Å². The molecule has 1 amide bonds. The molecule has 144 valence electrons. The molecule has 0 aromatic heterocycles. The molecule has 3 aromatic carbocycles. The lowest BCUT2D eigenvalue weighted by Crippen LogP contribution is -2.23. The highest BCUT2D eigenvalue weighted by Crippen LogP contribution is 2.10. The summed E-state index contributed by atoms with van der Waals surface area (Å²) < 4.78 is 19.4. The number of benzene rings is 3. The number of carbonyl (C=O) groups is 1. The van der Waals surface area contributed by atoms with E-state index in [0.717, 1.165) is 16.7 Å². The van der Waals surface area contributed by atoms with Crippen LogP contribution in [0, 0.1) is 5.82 Å². The van der Waals surface area contributed by atoms with E-state index in [1.165, 1.54) is 6.07 Å². The van der Waals surface area contributed by atoms with Gasteiger partial charge < -0.3 is 10.1 Å². The number of hydrogen-bond acceptors (Lipinski definition) is 2. The van der Waals surface area contributed by atoms with Gasteiger partial charge in [-0.3, -0.25) is 4.79 Å². The molecular formula is C24H24FNO2. The maximum atomic E-state index is 13.6. The molecule has 0 spiro atoms. The molecule has 4 heteroatoms. The van der Waals surface area contributed by atoms with Crippen molar-refractivity contribution in [3.8, 4) is 0 Å². The van der Waals surface area contributed by atoms with Crippen molar-refractivity contribution >= 4 is 5.91 Å². The monoisotopic (exact) mass is 377 g/mol. The van der Waals surface area contributed by atoms with E-state index in [2.05, 4.69) is 5.32 Å². The second-order valence-corrected chi connectivity index (χ2v) is 6.67. The van der Waals surface area contributed by atoms with Crippen LogP contribution in [0.4, 0.5) is 4.39 Å². The fourth-order valence-electron chi connectivity index (χ4n) is 2.93. The maximum Gasteiger partial charge on any atom is 0.220 e. The molecule has 1 N–H and O–H groups in total. The van der Waals surface area contributed by atoms with Gasteiger partial charge in [-0.25, -0.2) is 4.39 Å². The zero-order chi connectivity index (χ0) is 19.6. The standard InChI is InChI=1S/C24H24FNO2/c25-23-12-5-4-11-22(23)13-14-24(27)26-16-20-9-6-10-21(15-20)18-28-17-19-7-2-1-3-8-19/h1-12,15H,13-14,16-18H2,(H,26,27). The summed E-state index contributed by atoms with van der Waals surface area (Å²) in [5, 5.41) is 2.90. The molecule has 0 aliphatic carbocycles. The number of nitrogens with one attached hydrogen (secondary N) is 1. The Morgan fingerprint density at radius 2 is 1.50 bits per heavy atom. The summed E-state index contributed by atoms with van der Waals surface area (Å²) in [5.74, 6) is -0.354. The summed E-state index contributed by atoms with van der Waals surface area (Å²) in [5.41, 5.74) is 3.78. The molecule has 0 bridgehead atoms. The minimum atomic E-state index is -0.265. The van der Waals surface area contributed by atoms with Crippen molar-refractivity contribution in [2.24, 2.45) is 0 Å². The molecule has 0 heterocycles. The molecule has 0 fully saturated rings. The van der Waals surface area contributed by atoms with Crippen LogP contribution in [0.25, 0.3) is 0 Å². The van der Waals surface area contributed by atoms with Gasteiger partial charge >= 0.3 is 0 Å². The van der Waals surface area contributed by atoms with Crippen LogP contribution in [0.15, 0.2) is 78.9 Å². The van der Waals surface area contributed by atoms with Crippen molar-refractivity contribution in [1.82, 2.24) is 5.32 Å². The molecule has 0 unspecified atom stereocenters. The molecule has 0 radical (unpaired) electrons. The number of rotatable bonds is 9. The molecule has 0 saturated heterocycles. The van der Waals surface area contributed by atoms with Crippen molar-refractivity contribution < 1.29 is 13.9 Å². The molecule has 3 aromatic rings. The van der Waals surface area contributed by atoms with E-state index in [0.29, 0.717) is 31.7 Å². The lowest BCUT2D eigenvalue weighted by molar-refractivity contribution is -0.121. The first-order valence-electron chi connectivity index (χ1n) is 9.40. The zero-order valence-electron chi connectivity index (χ0n) is 15.7. The third kappa shape index (κ3) is 6.32. The molecule has 28 heavy (non-hydrogen) atoms. The fraction of sp³-hybridized carbons (Fsp3) is 0.208. The van der Waals surface area contributed by atoms with E-state index in [4.69, 9.17) is 4.74 Å². The van der Waals surface area contributed by atoms with Gasteiger partial charge in [-0.2, -0.15) is 0 Å². The molecule has 0 aliphatic heterocycles. The second-order valence-electron chi connectivity index (χ2n) is 6.67. The van der Waals surface area contributed by atoms with Gasteiger partial charge in [0.05, 0.1) is 13.2 Å². The Labute approximate surface area is 165 Å². The molecule has 0 aliphatic rings. The predicted octanol–water partition coefficient (Wildman–Crippen LogP) is 4.79. The highest BCUT2D eigenvalue weighted by molar-refractivity contribution is 5.76. The minimum absolute atomic E-state index is 0.0889. The van der Waals surface area contributed by atoms with Crippen molar-refractivity contribution in [3.05, 3.63) is 107 Å². The first kappa shape index (κ1) is 19.8. The number of carbonyl (C=O) groups excluding carboxylic acids is 1. The SMILES string of the molecule is O=C(CCc1ccccc1F)NCc1cccc(COCc2ccccc2)c1. The van der Waals surface area contributed by atoms with Gasteiger partial charge in [0.15, 0.2) is 0 Å². The maximum absolute atomic E-state index is 13.6. The van der Waals surface area contributed by atoms with Crippen LogP contribution in [0.1, 0.15) is 28.7 Å². The largest absolute Gasteiger partial charge is 0.372 e. The first-order chi connectivity index (χ1) is 13.7. The summed E-state index contributed by atoms with van der Waals surface area (Å²) in [6.07, 6.45) is 0.659. The van der Waals surface area contributed by atoms with Gasteiger partial charge in [-0.05, 0) is 34.7 Å². The number of aryl methyl sites for hydroxylation is 1. The van der Waals surface area contributed by atoms with Crippen LogP contribution in [-0.4, -0.2) is 5.91 Å². The third-order valence-electron chi connectivity index (χ3n) is 4.44. The smallest absolute Gasteiger partial charge is 0.220 e. The van der Waals surface area contributed by atoms with E-state index in [1.54, 1.807) is 18.2 Å². The van der Waals surface area contributed by atoms with Gasteiger partial charge in [-0.1, -0.05) is 72.8 Å². The third-order valence-corrected chi connectivity index (χ3v) is 4.44. The van der Waals surface area contributed by atoms with Gasteiger partial charge in [-0.15, -0.1) is 0 Å². The summed E-state index contributed by atoms with van der Waals surface area (Å²) in [4.78, 5) is 12.1. The van der Waals surface area contributed by atoms with Gasteiger partial charge in [0.25, 0.3) is 0 Å². The van der Waals surface area contributed by atoms with Gasteiger partial charge in [0.2, 0.25) is 5.91 Å². The van der Waals surface area contributed by atoms with E-state index >= 15 is 0 Å². The minimum Gasteiger partial charge on any atom is -0.372 e. The Morgan fingerprint density at radius 1 is 0.821 bits per heavy atom. The molecular weight excluding hydrogens is 353 g/mol. The quantitative estimate of drug-likeness (QED) is 0.582. The summed E-state index contributed by atoms with van der Waals surface area (Å²) in [6, 6.07) is 24.6. The predicted molar refractivity (Wildman–Crippen MR) is 108 cm³/mol. The lowest BCUT2D eigenvalue weighted by atomic mass is 10.1. The number of halogens is 1. The average molecular weight is 377 g/mol. The molecule has 0 atom stereocenters. The normalized spacial score (nSPS) is 10.6. The van der Waals surface area contributed by atoms with E-state index < -0.39 is 0 Å². The van der Waals surface area contributed by atoms with E-state index in [-0.39, 0.29) is 18.1 Å².